The molecule has 0 saturated heterocycles. The maximum absolute atomic E-state index is 9.33. The molecule has 2 N–H and O–H groups in total. The third-order valence-corrected chi connectivity index (χ3v) is 1.58. The number of aromatic nitrogens is 2. The molecule has 0 aromatic carbocycles. The highest BCUT2D eigenvalue weighted by Gasteiger charge is 2.16. The van der Waals surface area contributed by atoms with Gasteiger partial charge in [-0.25, -0.2) is 4.98 Å². The standard InChI is InChI=1S/C7H12N2O2.ClH/c1-5(10)6(11)7-8-3-4-9(7)2;/h3-6,10-11H,1-2H3;1H/t5-,6?;/m1./s1. The number of nitrogens with zero attached hydrogens (tertiary/aromatic N) is 2. The van der Waals surface area contributed by atoms with Gasteiger partial charge in [0.25, 0.3) is 0 Å². The number of halogens is 1. The van der Waals surface area contributed by atoms with E-state index in [4.69, 9.17) is 5.11 Å². The highest BCUT2D eigenvalue weighted by Crippen LogP contribution is 2.12. The van der Waals surface area contributed by atoms with Crippen molar-refractivity contribution in [1.82, 2.24) is 9.55 Å². The van der Waals surface area contributed by atoms with E-state index < -0.39 is 12.2 Å². The van der Waals surface area contributed by atoms with Gasteiger partial charge in [-0.15, -0.1) is 12.4 Å². The molecule has 0 bridgehead atoms. The van der Waals surface area contributed by atoms with E-state index in [1.165, 1.54) is 6.92 Å². The van der Waals surface area contributed by atoms with Crippen LogP contribution in [-0.2, 0) is 7.05 Å². The molecule has 4 nitrogen and oxygen atoms in total. The Labute approximate surface area is 77.3 Å². The van der Waals surface area contributed by atoms with Crippen LogP contribution < -0.4 is 0 Å². The summed E-state index contributed by atoms with van der Waals surface area (Å²) in [4.78, 5) is 3.89. The monoisotopic (exact) mass is 192 g/mol. The first-order chi connectivity index (χ1) is 5.13. The van der Waals surface area contributed by atoms with Crippen molar-refractivity contribution in [2.24, 2.45) is 7.05 Å². The average Bonchev–Trinajstić information content (AvgIpc) is 2.33. The Balaban J connectivity index is 0.00000121. The van der Waals surface area contributed by atoms with Crippen LogP contribution in [0.4, 0.5) is 0 Å². The lowest BCUT2D eigenvalue weighted by Gasteiger charge is -2.12. The molecule has 1 aromatic heterocycles. The summed E-state index contributed by atoms with van der Waals surface area (Å²) in [6, 6.07) is 0. The minimum Gasteiger partial charge on any atom is -0.390 e. The van der Waals surface area contributed by atoms with Crippen LogP contribution in [0.3, 0.4) is 0 Å². The van der Waals surface area contributed by atoms with E-state index >= 15 is 0 Å². The molecule has 12 heavy (non-hydrogen) atoms. The molecule has 0 amide bonds. The maximum Gasteiger partial charge on any atom is 0.140 e. The van der Waals surface area contributed by atoms with Crippen LogP contribution in [0.2, 0.25) is 0 Å². The number of aryl methyl sites for hydroxylation is 1. The van der Waals surface area contributed by atoms with Crippen LogP contribution in [0.1, 0.15) is 18.9 Å². The highest BCUT2D eigenvalue weighted by molar-refractivity contribution is 5.85. The van der Waals surface area contributed by atoms with Gasteiger partial charge in [-0.3, -0.25) is 0 Å². The van der Waals surface area contributed by atoms with Crippen molar-refractivity contribution in [1.29, 1.82) is 0 Å². The van der Waals surface area contributed by atoms with Gasteiger partial charge >= 0.3 is 0 Å². The molecule has 1 heterocycles. The van der Waals surface area contributed by atoms with Gasteiger partial charge in [0, 0.05) is 19.4 Å². The van der Waals surface area contributed by atoms with Crippen molar-refractivity contribution in [2.75, 3.05) is 0 Å². The lowest BCUT2D eigenvalue weighted by Crippen LogP contribution is -2.17. The van der Waals surface area contributed by atoms with Crippen molar-refractivity contribution in [3.8, 4) is 0 Å². The molecule has 0 spiro atoms. The first kappa shape index (κ1) is 11.4. The summed E-state index contributed by atoms with van der Waals surface area (Å²) in [5.41, 5.74) is 0. The predicted molar refractivity (Wildman–Crippen MR) is 47.1 cm³/mol. The molecule has 0 aliphatic carbocycles. The number of aliphatic hydroxyl groups is 2. The normalized spacial score (nSPS) is 15.0. The highest BCUT2D eigenvalue weighted by atomic mass is 35.5. The molecule has 0 aliphatic heterocycles. The first-order valence-corrected chi connectivity index (χ1v) is 3.46. The SMILES string of the molecule is C[C@@H](O)C(O)c1nccn1C.Cl. The van der Waals surface area contributed by atoms with Crippen molar-refractivity contribution in [3.05, 3.63) is 18.2 Å². The zero-order valence-electron chi connectivity index (χ0n) is 7.01. The van der Waals surface area contributed by atoms with Crippen LogP contribution in [0.5, 0.6) is 0 Å². The number of hydrogen-bond acceptors (Lipinski definition) is 3. The second kappa shape index (κ2) is 4.45. The Bertz CT molecular complexity index is 237. The molecule has 0 saturated carbocycles. The molecule has 70 valence electrons. The summed E-state index contributed by atoms with van der Waals surface area (Å²) in [5, 5.41) is 18.3. The summed E-state index contributed by atoms with van der Waals surface area (Å²) in [6.45, 7) is 1.53. The smallest absolute Gasteiger partial charge is 0.140 e. The van der Waals surface area contributed by atoms with Crippen molar-refractivity contribution >= 4 is 12.4 Å². The summed E-state index contributed by atoms with van der Waals surface area (Å²) >= 11 is 0. The fraction of sp³-hybridized carbons (Fsp3) is 0.571. The van der Waals surface area contributed by atoms with E-state index in [0.29, 0.717) is 5.82 Å². The minimum atomic E-state index is -0.894. The lowest BCUT2D eigenvalue weighted by molar-refractivity contribution is 0.0233. The van der Waals surface area contributed by atoms with Gasteiger partial charge in [0.05, 0.1) is 6.10 Å². The van der Waals surface area contributed by atoms with E-state index in [-0.39, 0.29) is 12.4 Å². The third kappa shape index (κ3) is 2.20. The van der Waals surface area contributed by atoms with Crippen LogP contribution in [-0.4, -0.2) is 25.9 Å². The maximum atomic E-state index is 9.33. The Morgan fingerprint density at radius 2 is 2.08 bits per heavy atom. The van der Waals surface area contributed by atoms with Crippen LogP contribution >= 0.6 is 12.4 Å². The summed E-state index contributed by atoms with van der Waals surface area (Å²) < 4.78 is 1.68. The summed E-state index contributed by atoms with van der Waals surface area (Å²) in [7, 11) is 1.77. The van der Waals surface area contributed by atoms with Crippen molar-refractivity contribution in [2.45, 2.75) is 19.1 Å². The Morgan fingerprint density at radius 1 is 1.50 bits per heavy atom. The van der Waals surface area contributed by atoms with Crippen molar-refractivity contribution < 1.29 is 10.2 Å². The van der Waals surface area contributed by atoms with Crippen LogP contribution in [0.15, 0.2) is 12.4 Å². The van der Waals surface area contributed by atoms with E-state index in [0.717, 1.165) is 0 Å². The molecule has 5 heteroatoms. The van der Waals surface area contributed by atoms with E-state index in [2.05, 4.69) is 4.98 Å². The zero-order valence-corrected chi connectivity index (χ0v) is 7.82. The fourth-order valence-corrected chi connectivity index (χ4v) is 0.878. The molecule has 0 aliphatic rings. The molecule has 1 unspecified atom stereocenters. The molecule has 2 atom stereocenters. The van der Waals surface area contributed by atoms with Crippen LogP contribution in [0, 0.1) is 0 Å². The zero-order chi connectivity index (χ0) is 8.43. The van der Waals surface area contributed by atoms with E-state index in [1.807, 2.05) is 0 Å². The summed E-state index contributed by atoms with van der Waals surface area (Å²) in [5.74, 6) is 0.486. The number of rotatable bonds is 2. The predicted octanol–water partition coefficient (Wildman–Crippen LogP) is 0.256. The Morgan fingerprint density at radius 3 is 2.42 bits per heavy atom. The minimum absolute atomic E-state index is 0. The van der Waals surface area contributed by atoms with Gasteiger partial charge < -0.3 is 14.8 Å². The molecule has 1 rings (SSSR count). The molecule has 0 radical (unpaired) electrons. The second-order valence-electron chi connectivity index (χ2n) is 2.58. The molecule has 1 aromatic rings. The van der Waals surface area contributed by atoms with Gasteiger partial charge in [0.15, 0.2) is 0 Å². The molecular formula is C7H13ClN2O2. The number of hydrogen-bond donors (Lipinski definition) is 2. The van der Waals surface area contributed by atoms with E-state index in [1.54, 1.807) is 24.0 Å². The van der Waals surface area contributed by atoms with Gasteiger partial charge in [-0.2, -0.15) is 0 Å². The summed E-state index contributed by atoms with van der Waals surface area (Å²) in [6.07, 6.45) is 1.63. The Kier molecular flexibility index (Phi) is 4.23. The van der Waals surface area contributed by atoms with E-state index in [9.17, 15) is 5.11 Å². The third-order valence-electron chi connectivity index (χ3n) is 1.58. The second-order valence-corrected chi connectivity index (χ2v) is 2.58. The van der Waals surface area contributed by atoms with Gasteiger partial charge in [0.1, 0.15) is 11.9 Å². The number of imidazole rings is 1. The quantitative estimate of drug-likeness (QED) is 0.707. The van der Waals surface area contributed by atoms with Gasteiger partial charge in [-0.1, -0.05) is 0 Å². The topological polar surface area (TPSA) is 58.3 Å². The van der Waals surface area contributed by atoms with Gasteiger partial charge in [0.2, 0.25) is 0 Å². The average molecular weight is 193 g/mol. The Hall–Kier alpha value is -0.580. The van der Waals surface area contributed by atoms with Crippen LogP contribution in [0.25, 0.3) is 0 Å². The van der Waals surface area contributed by atoms with Crippen molar-refractivity contribution in [3.63, 3.8) is 0 Å². The molecular weight excluding hydrogens is 180 g/mol. The van der Waals surface area contributed by atoms with Gasteiger partial charge in [-0.05, 0) is 6.92 Å². The lowest BCUT2D eigenvalue weighted by atomic mass is 10.2. The fourth-order valence-electron chi connectivity index (χ4n) is 0.878. The molecule has 0 fully saturated rings. The first-order valence-electron chi connectivity index (χ1n) is 3.46. The number of aliphatic hydroxyl groups excluding tert-OH is 2. The largest absolute Gasteiger partial charge is 0.390 e.